The van der Waals surface area contributed by atoms with Crippen LogP contribution in [0.2, 0.25) is 0 Å². The summed E-state index contributed by atoms with van der Waals surface area (Å²) in [6.07, 6.45) is 0. The third-order valence-electron chi connectivity index (χ3n) is 4.28. The molecule has 0 aromatic rings. The minimum atomic E-state index is -6.68. The first-order valence-corrected chi connectivity index (χ1v) is 5.23. The van der Waals surface area contributed by atoms with E-state index in [9.17, 15) is 43.9 Å². The van der Waals surface area contributed by atoms with E-state index in [0.29, 0.717) is 0 Å². The van der Waals surface area contributed by atoms with E-state index in [0.717, 1.165) is 0 Å². The molecule has 0 amide bonds. The average Bonchev–Trinajstić information content (AvgIpc) is 2.52. The van der Waals surface area contributed by atoms with E-state index in [-0.39, 0.29) is 0 Å². The summed E-state index contributed by atoms with van der Waals surface area (Å²) in [4.78, 5) is 0. The van der Waals surface area contributed by atoms with Crippen molar-refractivity contribution in [2.24, 2.45) is 0 Å². The van der Waals surface area contributed by atoms with Crippen LogP contribution in [0.5, 0.6) is 0 Å². The molecule has 2 saturated carbocycles. The van der Waals surface area contributed by atoms with Crippen molar-refractivity contribution in [3.63, 3.8) is 0 Å². The van der Waals surface area contributed by atoms with E-state index < -0.39 is 53.7 Å². The smallest absolute Gasteiger partial charge is 0.356 e. The molecule has 0 radical (unpaired) electrons. The fourth-order valence-corrected chi connectivity index (χ4v) is 3.07. The second kappa shape index (κ2) is 3.42. The van der Waals surface area contributed by atoms with Crippen LogP contribution in [-0.2, 0) is 0 Å². The highest BCUT2D eigenvalue weighted by atomic mass is 19.3. The van der Waals surface area contributed by atoms with Crippen molar-refractivity contribution in [1.29, 1.82) is 0 Å². The van der Waals surface area contributed by atoms with Crippen molar-refractivity contribution in [2.45, 2.75) is 40.4 Å². The van der Waals surface area contributed by atoms with E-state index >= 15 is 0 Å². The standard InChI is InChI=1S/C9H6F10O2/c10-3(1-20)4(11,2-21)6(13)7(14,15)5(3,12)8(16,17)9(6,18)19/h20-21H,1-2H2. The maximum absolute atomic E-state index is 14.1. The molecule has 0 saturated heterocycles. The van der Waals surface area contributed by atoms with Gasteiger partial charge in [-0.15, -0.1) is 0 Å². The van der Waals surface area contributed by atoms with Crippen molar-refractivity contribution in [3.05, 3.63) is 0 Å². The molecule has 21 heavy (non-hydrogen) atoms. The van der Waals surface area contributed by atoms with Crippen molar-refractivity contribution in [2.75, 3.05) is 13.2 Å². The van der Waals surface area contributed by atoms with Crippen molar-refractivity contribution < 1.29 is 54.1 Å². The molecule has 2 aliphatic carbocycles. The zero-order chi connectivity index (χ0) is 16.9. The number of hydrogen-bond donors (Lipinski definition) is 2. The average molecular weight is 336 g/mol. The van der Waals surface area contributed by atoms with Crippen LogP contribution in [0, 0.1) is 0 Å². The minimum Gasteiger partial charge on any atom is -0.393 e. The lowest BCUT2D eigenvalue weighted by Gasteiger charge is -2.48. The van der Waals surface area contributed by atoms with Crippen molar-refractivity contribution >= 4 is 0 Å². The molecule has 4 atom stereocenters. The Kier molecular flexibility index (Phi) is 2.70. The predicted octanol–water partition coefficient (Wildman–Crippen LogP) is 1.74. The van der Waals surface area contributed by atoms with Crippen molar-refractivity contribution in [1.82, 2.24) is 0 Å². The number of aliphatic hydroxyl groups excluding tert-OH is 2. The maximum atomic E-state index is 14.1. The van der Waals surface area contributed by atoms with E-state index in [2.05, 4.69) is 0 Å². The summed E-state index contributed by atoms with van der Waals surface area (Å²) in [7, 11) is 0. The first-order valence-electron chi connectivity index (χ1n) is 5.23. The molecule has 2 N–H and O–H groups in total. The maximum Gasteiger partial charge on any atom is 0.356 e. The summed E-state index contributed by atoms with van der Waals surface area (Å²) in [6.45, 7) is -5.65. The van der Waals surface area contributed by atoms with Gasteiger partial charge >= 0.3 is 17.8 Å². The summed E-state index contributed by atoms with van der Waals surface area (Å²) in [5.41, 5.74) is -23.8. The van der Waals surface area contributed by atoms with Crippen LogP contribution in [0.3, 0.4) is 0 Å². The van der Waals surface area contributed by atoms with E-state index in [4.69, 9.17) is 10.2 Å². The highest BCUT2D eigenvalue weighted by molar-refractivity contribution is 5.50. The monoisotopic (exact) mass is 336 g/mol. The normalized spacial score (nSPS) is 53.1. The molecule has 4 unspecified atom stereocenters. The highest BCUT2D eigenvalue weighted by Gasteiger charge is 3.15. The van der Waals surface area contributed by atoms with Crippen LogP contribution in [0.4, 0.5) is 43.9 Å². The number of halogens is 10. The van der Waals surface area contributed by atoms with E-state index in [1.807, 2.05) is 0 Å². The fourth-order valence-electron chi connectivity index (χ4n) is 3.07. The van der Waals surface area contributed by atoms with Crippen LogP contribution in [0.15, 0.2) is 0 Å². The van der Waals surface area contributed by atoms with E-state index in [1.54, 1.807) is 0 Å². The lowest BCUT2D eigenvalue weighted by Crippen LogP contribution is -2.79. The van der Waals surface area contributed by atoms with Gasteiger partial charge in [-0.2, -0.15) is 26.3 Å². The van der Waals surface area contributed by atoms with Crippen LogP contribution >= 0.6 is 0 Å². The molecule has 0 heterocycles. The molecule has 0 aliphatic heterocycles. The Morgan fingerprint density at radius 1 is 0.476 bits per heavy atom. The fraction of sp³-hybridized carbons (Fsp3) is 1.00. The molecular weight excluding hydrogens is 330 g/mol. The number of aliphatic hydroxyl groups is 2. The van der Waals surface area contributed by atoms with Crippen LogP contribution in [0.25, 0.3) is 0 Å². The molecule has 2 rings (SSSR count). The van der Waals surface area contributed by atoms with Gasteiger partial charge in [-0.1, -0.05) is 0 Å². The molecule has 2 aliphatic rings. The Morgan fingerprint density at radius 2 is 0.714 bits per heavy atom. The van der Waals surface area contributed by atoms with Crippen LogP contribution in [0.1, 0.15) is 0 Å². The molecule has 0 aromatic heterocycles. The molecule has 124 valence electrons. The molecule has 0 spiro atoms. The zero-order valence-corrected chi connectivity index (χ0v) is 9.59. The van der Waals surface area contributed by atoms with Gasteiger partial charge < -0.3 is 10.2 Å². The van der Waals surface area contributed by atoms with E-state index in [1.165, 1.54) is 0 Å². The van der Waals surface area contributed by atoms with Gasteiger partial charge in [0.1, 0.15) is 0 Å². The van der Waals surface area contributed by atoms with Gasteiger partial charge in [0.2, 0.25) is 11.3 Å². The highest BCUT2D eigenvalue weighted by Crippen LogP contribution is 2.82. The minimum absolute atomic E-state index is 2.83. The Labute approximate surface area is 109 Å². The first-order chi connectivity index (χ1) is 9.12. The quantitative estimate of drug-likeness (QED) is 0.755. The summed E-state index contributed by atoms with van der Waals surface area (Å²) >= 11 is 0. The Hall–Kier alpha value is -0.780. The lowest BCUT2D eigenvalue weighted by atomic mass is 9.69. The molecular formula is C9H6F10O2. The summed E-state index contributed by atoms with van der Waals surface area (Å²) in [5.74, 6) is -19.9. The summed E-state index contributed by atoms with van der Waals surface area (Å²) < 4.78 is 136. The van der Waals surface area contributed by atoms with Gasteiger partial charge in [-0.05, 0) is 0 Å². The Morgan fingerprint density at radius 3 is 0.905 bits per heavy atom. The second-order valence-corrected chi connectivity index (χ2v) is 4.96. The predicted molar refractivity (Wildman–Crippen MR) is 44.4 cm³/mol. The Balaban J connectivity index is 3.01. The number of alkyl halides is 10. The van der Waals surface area contributed by atoms with Gasteiger partial charge in [0.05, 0.1) is 13.2 Å². The SMILES string of the molecule is OCC1(F)C(F)(CO)C2(F)C(F)(F)C(F)(F)C1(F)C2(F)F. The number of fused-ring (bicyclic) bond motifs is 2. The van der Waals surface area contributed by atoms with Gasteiger partial charge in [0.25, 0.3) is 11.3 Å². The van der Waals surface area contributed by atoms with Crippen LogP contribution < -0.4 is 0 Å². The lowest BCUT2D eigenvalue weighted by molar-refractivity contribution is -0.358. The largest absolute Gasteiger partial charge is 0.393 e. The third-order valence-corrected chi connectivity index (χ3v) is 4.28. The second-order valence-electron chi connectivity index (χ2n) is 4.96. The van der Waals surface area contributed by atoms with Crippen molar-refractivity contribution in [3.8, 4) is 0 Å². The zero-order valence-electron chi connectivity index (χ0n) is 9.59. The molecule has 2 bridgehead atoms. The van der Waals surface area contributed by atoms with Gasteiger partial charge in [0.15, 0.2) is 0 Å². The van der Waals surface area contributed by atoms with Gasteiger partial charge in [0, 0.05) is 0 Å². The molecule has 0 aromatic carbocycles. The topological polar surface area (TPSA) is 40.5 Å². The number of hydrogen-bond acceptors (Lipinski definition) is 2. The number of rotatable bonds is 2. The summed E-state index contributed by atoms with van der Waals surface area (Å²) in [5, 5.41) is 17.0. The van der Waals surface area contributed by atoms with Gasteiger partial charge in [-0.25, -0.2) is 17.6 Å². The third kappa shape index (κ3) is 0.956. The molecule has 2 fully saturated rings. The molecule has 12 heteroatoms. The summed E-state index contributed by atoms with van der Waals surface area (Å²) in [6, 6.07) is 0. The van der Waals surface area contributed by atoms with Crippen LogP contribution in [-0.4, -0.2) is 63.9 Å². The molecule has 2 nitrogen and oxygen atoms in total. The Bertz CT molecular complexity index is 455. The van der Waals surface area contributed by atoms with Gasteiger partial charge in [-0.3, -0.25) is 0 Å². The first kappa shape index (κ1) is 16.6.